The highest BCUT2D eigenvalue weighted by molar-refractivity contribution is 6.03. The zero-order valence-corrected chi connectivity index (χ0v) is 19.8. The van der Waals surface area contributed by atoms with Gasteiger partial charge in [0.1, 0.15) is 6.54 Å². The highest BCUT2D eigenvalue weighted by Gasteiger charge is 2.28. The van der Waals surface area contributed by atoms with E-state index in [4.69, 9.17) is 0 Å². The van der Waals surface area contributed by atoms with Crippen molar-refractivity contribution in [2.45, 2.75) is 44.6 Å². The summed E-state index contributed by atoms with van der Waals surface area (Å²) in [6, 6.07) is 20.0. The highest BCUT2D eigenvalue weighted by atomic mass is 16.4. The molecule has 1 saturated carbocycles. The summed E-state index contributed by atoms with van der Waals surface area (Å²) in [6.07, 6.45) is 5.85. The van der Waals surface area contributed by atoms with Gasteiger partial charge in [0.2, 0.25) is 5.91 Å². The van der Waals surface area contributed by atoms with Crippen LogP contribution in [0.25, 0.3) is 32.9 Å². The summed E-state index contributed by atoms with van der Waals surface area (Å²) in [7, 11) is 3.52. The number of carbonyl (C=O) groups is 2. The van der Waals surface area contributed by atoms with Crippen LogP contribution in [0.1, 0.15) is 53.9 Å². The third kappa shape index (κ3) is 3.85. The molecule has 0 spiro atoms. The number of carbonyl (C=O) groups excluding carboxylic acids is 1. The van der Waals surface area contributed by atoms with Crippen LogP contribution >= 0.6 is 0 Å². The highest BCUT2D eigenvalue weighted by Crippen LogP contribution is 2.45. The van der Waals surface area contributed by atoms with E-state index in [1.165, 1.54) is 24.8 Å². The lowest BCUT2D eigenvalue weighted by Gasteiger charge is -2.24. The molecule has 34 heavy (non-hydrogen) atoms. The van der Waals surface area contributed by atoms with E-state index >= 15 is 0 Å². The number of rotatable bonds is 5. The lowest BCUT2D eigenvalue weighted by atomic mass is 9.81. The molecular formula is C29H30N2O3. The van der Waals surface area contributed by atoms with E-state index in [0.717, 1.165) is 45.8 Å². The molecule has 1 amide bonds. The summed E-state index contributed by atoms with van der Waals surface area (Å²) < 4.78 is 2.07. The number of hydrogen-bond donors (Lipinski definition) is 1. The molecule has 0 atom stereocenters. The SMILES string of the molecule is CN(C)C(=O)Cn1c(-c2cccc3ccccc23)c(C2CCCCC2)c2ccc(C(=O)O)cc21. The van der Waals surface area contributed by atoms with E-state index in [1.54, 1.807) is 31.1 Å². The minimum Gasteiger partial charge on any atom is -0.478 e. The minimum absolute atomic E-state index is 0.0192. The average molecular weight is 455 g/mol. The number of benzene rings is 3. The number of carboxylic acids is 1. The van der Waals surface area contributed by atoms with Gasteiger partial charge in [-0.05, 0) is 47.2 Å². The number of aromatic carboxylic acids is 1. The molecule has 0 bridgehead atoms. The van der Waals surface area contributed by atoms with Crippen LogP contribution in [-0.2, 0) is 11.3 Å². The van der Waals surface area contributed by atoms with Crippen LogP contribution in [-0.4, -0.2) is 40.5 Å². The number of carboxylic acid groups (broad SMARTS) is 1. The van der Waals surface area contributed by atoms with Gasteiger partial charge >= 0.3 is 5.97 Å². The molecule has 1 aromatic heterocycles. The van der Waals surface area contributed by atoms with Gasteiger partial charge in [-0.25, -0.2) is 4.79 Å². The molecule has 0 saturated heterocycles. The predicted molar refractivity (Wildman–Crippen MR) is 136 cm³/mol. The molecule has 0 aliphatic heterocycles. The average Bonchev–Trinajstić information content (AvgIpc) is 3.17. The molecule has 1 aliphatic rings. The van der Waals surface area contributed by atoms with Crippen molar-refractivity contribution in [1.29, 1.82) is 0 Å². The molecule has 4 aromatic rings. The van der Waals surface area contributed by atoms with E-state index in [-0.39, 0.29) is 18.0 Å². The van der Waals surface area contributed by atoms with Crippen molar-refractivity contribution in [3.8, 4) is 11.3 Å². The molecule has 5 nitrogen and oxygen atoms in total. The van der Waals surface area contributed by atoms with Crippen molar-refractivity contribution in [2.24, 2.45) is 0 Å². The molecule has 0 unspecified atom stereocenters. The van der Waals surface area contributed by atoms with Gasteiger partial charge in [-0.1, -0.05) is 67.8 Å². The fourth-order valence-corrected chi connectivity index (χ4v) is 5.48. The van der Waals surface area contributed by atoms with Crippen molar-refractivity contribution in [3.05, 3.63) is 71.8 Å². The van der Waals surface area contributed by atoms with Crippen molar-refractivity contribution < 1.29 is 14.7 Å². The zero-order valence-electron chi connectivity index (χ0n) is 19.8. The van der Waals surface area contributed by atoms with Crippen LogP contribution in [0, 0.1) is 0 Å². The maximum Gasteiger partial charge on any atom is 0.335 e. The first kappa shape index (κ1) is 22.2. The van der Waals surface area contributed by atoms with Gasteiger partial charge in [-0.15, -0.1) is 0 Å². The van der Waals surface area contributed by atoms with Crippen LogP contribution in [0.5, 0.6) is 0 Å². The summed E-state index contributed by atoms with van der Waals surface area (Å²) in [5.41, 5.74) is 4.46. The molecule has 1 aliphatic carbocycles. The normalized spacial score (nSPS) is 14.5. The smallest absolute Gasteiger partial charge is 0.335 e. The second kappa shape index (κ2) is 8.98. The van der Waals surface area contributed by atoms with Gasteiger partial charge in [0.15, 0.2) is 0 Å². The summed E-state index contributed by atoms with van der Waals surface area (Å²) in [4.78, 5) is 26.4. The number of hydrogen-bond acceptors (Lipinski definition) is 2. The number of fused-ring (bicyclic) bond motifs is 2. The first-order valence-electron chi connectivity index (χ1n) is 12.0. The monoisotopic (exact) mass is 454 g/mol. The first-order chi connectivity index (χ1) is 16.5. The zero-order chi connectivity index (χ0) is 23.8. The van der Waals surface area contributed by atoms with Crippen LogP contribution in [0.3, 0.4) is 0 Å². The van der Waals surface area contributed by atoms with E-state index in [9.17, 15) is 14.7 Å². The molecule has 3 aromatic carbocycles. The second-order valence-electron chi connectivity index (χ2n) is 9.54. The molecule has 1 N–H and O–H groups in total. The Kier molecular flexibility index (Phi) is 5.86. The van der Waals surface area contributed by atoms with Gasteiger partial charge < -0.3 is 14.6 Å². The Morgan fingerprint density at radius 3 is 2.41 bits per heavy atom. The van der Waals surface area contributed by atoms with Crippen molar-refractivity contribution in [3.63, 3.8) is 0 Å². The second-order valence-corrected chi connectivity index (χ2v) is 9.54. The maximum absolute atomic E-state index is 13.0. The fourth-order valence-electron chi connectivity index (χ4n) is 5.48. The molecule has 5 rings (SSSR count). The van der Waals surface area contributed by atoms with Crippen LogP contribution in [0.2, 0.25) is 0 Å². The Balaban J connectivity index is 1.88. The van der Waals surface area contributed by atoms with E-state index < -0.39 is 5.97 Å². The topological polar surface area (TPSA) is 62.5 Å². The Labute approximate surface area is 199 Å². The van der Waals surface area contributed by atoms with Gasteiger partial charge in [0, 0.05) is 25.0 Å². The Bertz CT molecular complexity index is 1390. The first-order valence-corrected chi connectivity index (χ1v) is 12.0. The largest absolute Gasteiger partial charge is 0.478 e. The molecule has 5 heteroatoms. The van der Waals surface area contributed by atoms with Crippen LogP contribution in [0.4, 0.5) is 0 Å². The Morgan fingerprint density at radius 2 is 1.68 bits per heavy atom. The van der Waals surface area contributed by atoms with Gasteiger partial charge in [0.05, 0.1) is 16.8 Å². The third-order valence-electron chi connectivity index (χ3n) is 7.20. The maximum atomic E-state index is 13.0. The molecular weight excluding hydrogens is 424 g/mol. The Hall–Kier alpha value is -3.60. The minimum atomic E-state index is -0.959. The molecule has 1 heterocycles. The van der Waals surface area contributed by atoms with Crippen LogP contribution < -0.4 is 0 Å². The number of aromatic nitrogens is 1. The van der Waals surface area contributed by atoms with Crippen LogP contribution in [0.15, 0.2) is 60.7 Å². The van der Waals surface area contributed by atoms with Crippen molar-refractivity contribution in [2.75, 3.05) is 14.1 Å². The number of amides is 1. The standard InChI is InChI=1S/C29H30N2O3/c1-30(2)26(32)18-31-25-17-21(29(33)34)15-16-24(25)27(20-10-4-3-5-11-20)28(31)23-14-8-12-19-9-6-7-13-22(19)23/h6-9,12-17,20H,3-5,10-11,18H2,1-2H3,(H,33,34). The van der Waals surface area contributed by atoms with Crippen molar-refractivity contribution in [1.82, 2.24) is 9.47 Å². The number of nitrogens with zero attached hydrogens (tertiary/aromatic N) is 2. The lowest BCUT2D eigenvalue weighted by molar-refractivity contribution is -0.129. The predicted octanol–water partition coefficient (Wildman–Crippen LogP) is 6.30. The third-order valence-corrected chi connectivity index (χ3v) is 7.20. The quantitative estimate of drug-likeness (QED) is 0.385. The van der Waals surface area contributed by atoms with Gasteiger partial charge in [-0.2, -0.15) is 0 Å². The van der Waals surface area contributed by atoms with Crippen molar-refractivity contribution >= 4 is 33.6 Å². The van der Waals surface area contributed by atoms with Gasteiger partial charge in [-0.3, -0.25) is 4.79 Å². The summed E-state index contributed by atoms with van der Waals surface area (Å²) in [6.45, 7) is 0.165. The lowest BCUT2D eigenvalue weighted by Crippen LogP contribution is -2.26. The summed E-state index contributed by atoms with van der Waals surface area (Å²) in [5, 5.41) is 13.1. The van der Waals surface area contributed by atoms with E-state index in [2.05, 4.69) is 34.9 Å². The molecule has 0 radical (unpaired) electrons. The Morgan fingerprint density at radius 1 is 0.941 bits per heavy atom. The summed E-state index contributed by atoms with van der Waals surface area (Å²) >= 11 is 0. The van der Waals surface area contributed by atoms with E-state index in [1.807, 2.05) is 18.2 Å². The molecule has 1 fully saturated rings. The molecule has 174 valence electrons. The van der Waals surface area contributed by atoms with E-state index in [0.29, 0.717) is 5.92 Å². The number of likely N-dealkylation sites (N-methyl/N-ethyl adjacent to an activating group) is 1. The fraction of sp³-hybridized carbons (Fsp3) is 0.310. The van der Waals surface area contributed by atoms with Gasteiger partial charge in [0.25, 0.3) is 0 Å². The summed E-state index contributed by atoms with van der Waals surface area (Å²) in [5.74, 6) is -0.592.